The standard InChI is InChI=1S/C25H14N2O2/c1-3-7-21-16(5-1)18-12-19-17-6-2-4-8-23(17)29-25(19)13-22(18)27(21)15-9-10-24-20(11-15)26-14-28-24/h1-14H. The Kier molecular flexibility index (Phi) is 2.71. The van der Waals surface area contributed by atoms with Gasteiger partial charge in [-0.05, 0) is 36.4 Å². The van der Waals surface area contributed by atoms with Gasteiger partial charge in [0.2, 0.25) is 0 Å². The van der Waals surface area contributed by atoms with Crippen molar-refractivity contribution in [3.63, 3.8) is 0 Å². The highest BCUT2D eigenvalue weighted by molar-refractivity contribution is 6.17. The molecule has 4 nitrogen and oxygen atoms in total. The van der Waals surface area contributed by atoms with Crippen molar-refractivity contribution in [2.45, 2.75) is 0 Å². The maximum Gasteiger partial charge on any atom is 0.181 e. The van der Waals surface area contributed by atoms with Crippen LogP contribution in [0.15, 0.2) is 94.1 Å². The van der Waals surface area contributed by atoms with Crippen molar-refractivity contribution >= 4 is 54.8 Å². The van der Waals surface area contributed by atoms with E-state index >= 15 is 0 Å². The van der Waals surface area contributed by atoms with E-state index in [1.165, 1.54) is 17.2 Å². The largest absolute Gasteiger partial charge is 0.456 e. The Bertz CT molecular complexity index is 1720. The number of hydrogen-bond donors (Lipinski definition) is 0. The van der Waals surface area contributed by atoms with Gasteiger partial charge in [-0.3, -0.25) is 0 Å². The van der Waals surface area contributed by atoms with E-state index in [9.17, 15) is 0 Å². The first kappa shape index (κ1) is 14.9. The van der Waals surface area contributed by atoms with Gasteiger partial charge in [-0.2, -0.15) is 0 Å². The van der Waals surface area contributed by atoms with Crippen molar-refractivity contribution < 1.29 is 8.83 Å². The number of rotatable bonds is 1. The van der Waals surface area contributed by atoms with E-state index in [-0.39, 0.29) is 0 Å². The van der Waals surface area contributed by atoms with Crippen molar-refractivity contribution in [3.8, 4) is 5.69 Å². The molecule has 29 heavy (non-hydrogen) atoms. The summed E-state index contributed by atoms with van der Waals surface area (Å²) in [5, 5.41) is 4.71. The molecule has 0 N–H and O–H groups in total. The Morgan fingerprint density at radius 1 is 0.621 bits per heavy atom. The maximum absolute atomic E-state index is 6.16. The van der Waals surface area contributed by atoms with Crippen molar-refractivity contribution in [1.29, 1.82) is 0 Å². The molecule has 0 aliphatic rings. The highest BCUT2D eigenvalue weighted by Gasteiger charge is 2.16. The maximum atomic E-state index is 6.16. The third kappa shape index (κ3) is 1.95. The molecule has 0 spiro atoms. The minimum atomic E-state index is 0.786. The minimum Gasteiger partial charge on any atom is -0.456 e. The molecule has 0 saturated heterocycles. The van der Waals surface area contributed by atoms with E-state index in [4.69, 9.17) is 8.83 Å². The Morgan fingerprint density at radius 2 is 1.48 bits per heavy atom. The molecule has 0 amide bonds. The van der Waals surface area contributed by atoms with E-state index in [1.807, 2.05) is 18.2 Å². The molecule has 0 aliphatic heterocycles. The highest BCUT2D eigenvalue weighted by atomic mass is 16.3. The SMILES string of the molecule is c1ccc2c(c1)oc1cc3c(cc12)c1ccccc1n3-c1ccc2ocnc2c1. The molecule has 7 rings (SSSR count). The minimum absolute atomic E-state index is 0.786. The third-order valence-electron chi connectivity index (χ3n) is 5.74. The molecular formula is C25H14N2O2. The molecule has 0 bridgehead atoms. The monoisotopic (exact) mass is 374 g/mol. The molecule has 7 aromatic rings. The van der Waals surface area contributed by atoms with E-state index in [0.717, 1.165) is 49.8 Å². The van der Waals surface area contributed by atoms with Crippen LogP contribution in [0, 0.1) is 0 Å². The smallest absolute Gasteiger partial charge is 0.181 e. The van der Waals surface area contributed by atoms with Crippen LogP contribution in [0.1, 0.15) is 0 Å². The summed E-state index contributed by atoms with van der Waals surface area (Å²) in [6.07, 6.45) is 1.48. The molecule has 0 atom stereocenters. The zero-order valence-corrected chi connectivity index (χ0v) is 15.3. The second-order valence-electron chi connectivity index (χ2n) is 7.32. The van der Waals surface area contributed by atoms with Crippen LogP contribution < -0.4 is 0 Å². The Morgan fingerprint density at radius 3 is 2.45 bits per heavy atom. The van der Waals surface area contributed by atoms with Gasteiger partial charge in [0.15, 0.2) is 12.0 Å². The Labute approximate surface area is 164 Å². The number of para-hydroxylation sites is 2. The first-order chi connectivity index (χ1) is 14.4. The van der Waals surface area contributed by atoms with Gasteiger partial charge in [0.05, 0.1) is 11.0 Å². The van der Waals surface area contributed by atoms with Gasteiger partial charge in [0.25, 0.3) is 0 Å². The van der Waals surface area contributed by atoms with Gasteiger partial charge in [-0.15, -0.1) is 0 Å². The number of nitrogens with zero attached hydrogens (tertiary/aromatic N) is 2. The van der Waals surface area contributed by atoms with Crippen molar-refractivity contribution in [2.24, 2.45) is 0 Å². The lowest BCUT2D eigenvalue weighted by Crippen LogP contribution is -1.93. The molecule has 4 heteroatoms. The lowest BCUT2D eigenvalue weighted by Gasteiger charge is -2.07. The van der Waals surface area contributed by atoms with Crippen molar-refractivity contribution in [2.75, 3.05) is 0 Å². The fourth-order valence-corrected chi connectivity index (χ4v) is 4.45. The van der Waals surface area contributed by atoms with Crippen LogP contribution in [0.5, 0.6) is 0 Å². The molecule has 0 unspecified atom stereocenters. The van der Waals surface area contributed by atoms with E-state index in [2.05, 4.69) is 70.2 Å². The molecule has 3 aromatic heterocycles. The van der Waals surface area contributed by atoms with Crippen LogP contribution in [-0.2, 0) is 0 Å². The number of fused-ring (bicyclic) bond motifs is 7. The number of benzene rings is 4. The molecule has 3 heterocycles. The van der Waals surface area contributed by atoms with Crippen LogP contribution in [0.25, 0.3) is 60.5 Å². The summed E-state index contributed by atoms with van der Waals surface area (Å²) in [4.78, 5) is 4.33. The zero-order valence-electron chi connectivity index (χ0n) is 15.3. The first-order valence-electron chi connectivity index (χ1n) is 9.55. The van der Waals surface area contributed by atoms with Crippen LogP contribution in [0.3, 0.4) is 0 Å². The summed E-state index contributed by atoms with van der Waals surface area (Å²) >= 11 is 0. The van der Waals surface area contributed by atoms with Gasteiger partial charge >= 0.3 is 0 Å². The van der Waals surface area contributed by atoms with Gasteiger partial charge in [0.1, 0.15) is 16.7 Å². The predicted molar refractivity (Wildman–Crippen MR) is 116 cm³/mol. The van der Waals surface area contributed by atoms with E-state index in [0.29, 0.717) is 0 Å². The second-order valence-corrected chi connectivity index (χ2v) is 7.32. The molecule has 4 aromatic carbocycles. The Balaban J connectivity index is 1.67. The second kappa shape index (κ2) is 5.26. The number of oxazole rings is 1. The summed E-state index contributed by atoms with van der Waals surface area (Å²) in [5.41, 5.74) is 6.75. The fraction of sp³-hybridized carbons (Fsp3) is 0. The number of aromatic nitrogens is 2. The average molecular weight is 374 g/mol. The van der Waals surface area contributed by atoms with E-state index in [1.54, 1.807) is 0 Å². The van der Waals surface area contributed by atoms with Gasteiger partial charge in [0, 0.05) is 33.3 Å². The van der Waals surface area contributed by atoms with Crippen molar-refractivity contribution in [1.82, 2.24) is 9.55 Å². The lowest BCUT2D eigenvalue weighted by molar-refractivity contribution is 0.602. The lowest BCUT2D eigenvalue weighted by atomic mass is 10.1. The zero-order chi connectivity index (χ0) is 18.9. The molecule has 136 valence electrons. The highest BCUT2D eigenvalue weighted by Crippen LogP contribution is 2.38. The first-order valence-corrected chi connectivity index (χ1v) is 9.55. The third-order valence-corrected chi connectivity index (χ3v) is 5.74. The summed E-state index contributed by atoms with van der Waals surface area (Å²) in [7, 11) is 0. The van der Waals surface area contributed by atoms with Crippen molar-refractivity contribution in [3.05, 3.63) is 85.3 Å². The van der Waals surface area contributed by atoms with Crippen LogP contribution in [0.2, 0.25) is 0 Å². The normalized spacial score (nSPS) is 12.1. The van der Waals surface area contributed by atoms with E-state index < -0.39 is 0 Å². The predicted octanol–water partition coefficient (Wildman–Crippen LogP) is 6.82. The topological polar surface area (TPSA) is 44.1 Å². The summed E-state index contributed by atoms with van der Waals surface area (Å²) in [6.45, 7) is 0. The summed E-state index contributed by atoms with van der Waals surface area (Å²) in [5.74, 6) is 0. The number of hydrogen-bond acceptors (Lipinski definition) is 3. The van der Waals surface area contributed by atoms with Gasteiger partial charge in [-0.25, -0.2) is 4.98 Å². The van der Waals surface area contributed by atoms with Crippen LogP contribution in [-0.4, -0.2) is 9.55 Å². The molecule has 0 saturated carbocycles. The van der Waals surface area contributed by atoms with Gasteiger partial charge in [-0.1, -0.05) is 36.4 Å². The molecule has 0 aliphatic carbocycles. The molecule has 0 radical (unpaired) electrons. The Hall–Kier alpha value is -4.05. The quantitative estimate of drug-likeness (QED) is 0.316. The average Bonchev–Trinajstić information content (AvgIpc) is 3.45. The summed E-state index contributed by atoms with van der Waals surface area (Å²) in [6, 6.07) is 27.2. The van der Waals surface area contributed by atoms with Gasteiger partial charge < -0.3 is 13.4 Å². The van der Waals surface area contributed by atoms with Crippen LogP contribution in [0.4, 0.5) is 0 Å². The molecular weight excluding hydrogens is 360 g/mol. The fourth-order valence-electron chi connectivity index (χ4n) is 4.45. The van der Waals surface area contributed by atoms with Crippen LogP contribution >= 0.6 is 0 Å². The summed E-state index contributed by atoms with van der Waals surface area (Å²) < 4.78 is 13.9. The molecule has 0 fully saturated rings. The number of furan rings is 1.